The Morgan fingerprint density at radius 1 is 1.33 bits per heavy atom. The maximum Gasteiger partial charge on any atom is 0.251 e. The fraction of sp³-hybridized carbons (Fsp3) is 0.333. The first-order chi connectivity index (χ1) is 8.59. The molecule has 0 saturated carbocycles. The van der Waals surface area contributed by atoms with Gasteiger partial charge in [0.25, 0.3) is 5.91 Å². The van der Waals surface area contributed by atoms with Crippen LogP contribution in [0.2, 0.25) is 0 Å². The minimum absolute atomic E-state index is 0.158. The first-order valence-electron chi connectivity index (χ1n) is 5.69. The van der Waals surface area contributed by atoms with Gasteiger partial charge in [0.2, 0.25) is 5.91 Å². The molecule has 0 radical (unpaired) electrons. The Labute approximate surface area is 103 Å². The molecule has 2 amide bonds. The van der Waals surface area contributed by atoms with Gasteiger partial charge in [-0.25, -0.2) is 4.39 Å². The summed E-state index contributed by atoms with van der Waals surface area (Å²) in [5.41, 5.74) is 1.03. The van der Waals surface area contributed by atoms with Gasteiger partial charge < -0.3 is 10.2 Å². The van der Waals surface area contributed by atoms with E-state index in [1.54, 1.807) is 7.05 Å². The van der Waals surface area contributed by atoms with Crippen LogP contribution in [0.25, 0.3) is 0 Å². The molecule has 94 valence electrons. The summed E-state index contributed by atoms with van der Waals surface area (Å²) in [4.78, 5) is 26.9. The van der Waals surface area contributed by atoms with Crippen molar-refractivity contribution in [1.29, 1.82) is 0 Å². The van der Waals surface area contributed by atoms with Gasteiger partial charge in [-0.15, -0.1) is 0 Å². The molecule has 6 heteroatoms. The van der Waals surface area contributed by atoms with Gasteiger partial charge >= 0.3 is 0 Å². The molecular weight excluding hydrogens is 237 g/mol. The highest BCUT2D eigenvalue weighted by molar-refractivity contribution is 6.14. The third kappa shape index (κ3) is 1.42. The van der Waals surface area contributed by atoms with Crippen LogP contribution in [0, 0.1) is 5.82 Å². The van der Waals surface area contributed by atoms with E-state index in [9.17, 15) is 14.0 Å². The van der Waals surface area contributed by atoms with Crippen molar-refractivity contribution in [2.24, 2.45) is 0 Å². The Bertz CT molecular complexity index is 546. The van der Waals surface area contributed by atoms with Gasteiger partial charge in [-0.3, -0.25) is 14.5 Å². The molecular formula is C12H12FN3O2. The maximum atomic E-state index is 13.3. The van der Waals surface area contributed by atoms with Crippen molar-refractivity contribution in [3.05, 3.63) is 24.0 Å². The molecule has 5 nitrogen and oxygen atoms in total. The molecule has 1 aromatic carbocycles. The van der Waals surface area contributed by atoms with E-state index >= 15 is 0 Å². The van der Waals surface area contributed by atoms with Crippen LogP contribution in [-0.4, -0.2) is 38.0 Å². The second kappa shape index (κ2) is 3.78. The quantitative estimate of drug-likeness (QED) is 0.710. The Kier molecular flexibility index (Phi) is 2.34. The van der Waals surface area contributed by atoms with Crippen LogP contribution in [-0.2, 0) is 9.59 Å². The van der Waals surface area contributed by atoms with Crippen molar-refractivity contribution >= 4 is 23.2 Å². The number of fused-ring (bicyclic) bond motifs is 3. The Morgan fingerprint density at radius 2 is 2.11 bits per heavy atom. The van der Waals surface area contributed by atoms with Crippen molar-refractivity contribution in [1.82, 2.24) is 5.32 Å². The predicted octanol–water partition coefficient (Wildman–Crippen LogP) is 0.107. The molecule has 1 aromatic rings. The highest BCUT2D eigenvalue weighted by Gasteiger charge is 2.41. The Balaban J connectivity index is 2.19. The van der Waals surface area contributed by atoms with Crippen LogP contribution in [0.1, 0.15) is 0 Å². The van der Waals surface area contributed by atoms with Crippen LogP contribution < -0.4 is 15.1 Å². The second-order valence-electron chi connectivity index (χ2n) is 4.44. The molecule has 2 aliphatic heterocycles. The highest BCUT2D eigenvalue weighted by Crippen LogP contribution is 2.36. The van der Waals surface area contributed by atoms with Crippen LogP contribution in [0.3, 0.4) is 0 Å². The van der Waals surface area contributed by atoms with Crippen molar-refractivity contribution in [2.45, 2.75) is 6.04 Å². The number of amides is 2. The van der Waals surface area contributed by atoms with Crippen LogP contribution in [0.5, 0.6) is 0 Å². The van der Waals surface area contributed by atoms with Gasteiger partial charge in [0.15, 0.2) is 0 Å². The smallest absolute Gasteiger partial charge is 0.251 e. The topological polar surface area (TPSA) is 52.7 Å². The molecule has 2 aliphatic rings. The fourth-order valence-electron chi connectivity index (χ4n) is 2.48. The first kappa shape index (κ1) is 11.2. The number of hydrogen-bond acceptors (Lipinski definition) is 3. The van der Waals surface area contributed by atoms with Gasteiger partial charge in [-0.05, 0) is 18.2 Å². The number of likely N-dealkylation sites (N-methyl/N-ethyl adjacent to an activating group) is 1. The lowest BCUT2D eigenvalue weighted by Gasteiger charge is -2.42. The predicted molar refractivity (Wildman–Crippen MR) is 64.0 cm³/mol. The maximum absolute atomic E-state index is 13.3. The number of benzene rings is 1. The molecule has 1 N–H and O–H groups in total. The Hall–Kier alpha value is -1.95. The number of piperazine rings is 1. The average molecular weight is 249 g/mol. The first-order valence-corrected chi connectivity index (χ1v) is 5.69. The van der Waals surface area contributed by atoms with Crippen molar-refractivity contribution in [2.75, 3.05) is 29.9 Å². The van der Waals surface area contributed by atoms with Gasteiger partial charge in [0.1, 0.15) is 11.9 Å². The summed E-state index contributed by atoms with van der Waals surface area (Å²) in [6, 6.07) is 3.53. The second-order valence-corrected chi connectivity index (χ2v) is 4.44. The van der Waals surface area contributed by atoms with Gasteiger partial charge in [-0.2, -0.15) is 0 Å². The fourth-order valence-corrected chi connectivity index (χ4v) is 2.48. The van der Waals surface area contributed by atoms with E-state index in [4.69, 9.17) is 0 Å². The largest absolute Gasteiger partial charge is 0.312 e. The molecule has 2 heterocycles. The summed E-state index contributed by atoms with van der Waals surface area (Å²) < 4.78 is 13.3. The Morgan fingerprint density at radius 3 is 2.89 bits per heavy atom. The zero-order valence-electron chi connectivity index (χ0n) is 9.81. The van der Waals surface area contributed by atoms with Crippen LogP contribution >= 0.6 is 0 Å². The molecule has 1 atom stereocenters. The third-order valence-electron chi connectivity index (χ3n) is 3.37. The summed E-state index contributed by atoms with van der Waals surface area (Å²) in [7, 11) is 1.63. The summed E-state index contributed by atoms with van der Waals surface area (Å²) in [5.74, 6) is -0.782. The van der Waals surface area contributed by atoms with Crippen molar-refractivity contribution < 1.29 is 14.0 Å². The standard InChI is InChI=1S/C12H12FN3O2/c1-15-8-3-2-7(13)4-9(8)16-10(12(15)18)5-14-6-11(16)17/h2-4,10,14H,5-6H2,1H3. The summed E-state index contributed by atoms with van der Waals surface area (Å²) in [5, 5.41) is 2.90. The summed E-state index contributed by atoms with van der Waals surface area (Å²) in [6.45, 7) is 0.564. The molecule has 18 heavy (non-hydrogen) atoms. The van der Waals surface area contributed by atoms with Crippen LogP contribution in [0.15, 0.2) is 18.2 Å². The number of rotatable bonds is 0. The zero-order chi connectivity index (χ0) is 12.9. The van der Waals surface area contributed by atoms with Gasteiger partial charge in [-0.1, -0.05) is 0 Å². The van der Waals surface area contributed by atoms with Crippen LogP contribution in [0.4, 0.5) is 15.8 Å². The molecule has 0 aliphatic carbocycles. The number of hydrogen-bond donors (Lipinski definition) is 1. The van der Waals surface area contributed by atoms with E-state index in [0.29, 0.717) is 17.9 Å². The molecule has 0 aromatic heterocycles. The summed E-state index contributed by atoms with van der Waals surface area (Å²) >= 11 is 0. The van der Waals surface area contributed by atoms with E-state index < -0.39 is 11.9 Å². The normalized spacial score (nSPS) is 22.9. The van der Waals surface area contributed by atoms with Gasteiger partial charge in [0.05, 0.1) is 17.9 Å². The van der Waals surface area contributed by atoms with E-state index in [1.165, 1.54) is 28.0 Å². The lowest BCUT2D eigenvalue weighted by atomic mass is 10.0. The number of nitrogens with one attached hydrogen (secondary N) is 1. The van der Waals surface area contributed by atoms with E-state index in [2.05, 4.69) is 5.32 Å². The number of anilines is 2. The number of carbonyl (C=O) groups excluding carboxylic acids is 2. The van der Waals surface area contributed by atoms with Crippen molar-refractivity contribution in [3.63, 3.8) is 0 Å². The zero-order valence-corrected chi connectivity index (χ0v) is 9.81. The van der Waals surface area contributed by atoms with E-state index in [-0.39, 0.29) is 18.4 Å². The van der Waals surface area contributed by atoms with Crippen molar-refractivity contribution in [3.8, 4) is 0 Å². The SMILES string of the molecule is CN1C(=O)C2CNCC(=O)N2c2cc(F)ccc21. The lowest BCUT2D eigenvalue weighted by Crippen LogP contribution is -2.63. The number of nitrogens with zero attached hydrogens (tertiary/aromatic N) is 2. The minimum atomic E-state index is -0.578. The molecule has 0 spiro atoms. The van der Waals surface area contributed by atoms with Gasteiger partial charge in [0, 0.05) is 13.6 Å². The molecule has 3 rings (SSSR count). The molecule has 1 unspecified atom stereocenters. The number of carbonyl (C=O) groups is 2. The molecule has 0 bridgehead atoms. The molecule has 1 saturated heterocycles. The summed E-state index contributed by atoms with van der Waals surface area (Å²) in [6.07, 6.45) is 0. The van der Waals surface area contributed by atoms with E-state index in [0.717, 1.165) is 0 Å². The molecule has 1 fully saturated rings. The minimum Gasteiger partial charge on any atom is -0.312 e. The third-order valence-corrected chi connectivity index (χ3v) is 3.37. The number of halogens is 1. The lowest BCUT2D eigenvalue weighted by molar-refractivity contribution is -0.126. The van der Waals surface area contributed by atoms with E-state index in [1.807, 2.05) is 0 Å². The monoisotopic (exact) mass is 249 g/mol. The highest BCUT2D eigenvalue weighted by atomic mass is 19.1. The average Bonchev–Trinajstić information content (AvgIpc) is 2.35.